The van der Waals surface area contributed by atoms with E-state index < -0.39 is 0 Å². The predicted octanol–water partition coefficient (Wildman–Crippen LogP) is 2.91. The lowest BCUT2D eigenvalue weighted by molar-refractivity contribution is 0.0188. The second kappa shape index (κ2) is 4.27. The van der Waals surface area contributed by atoms with Crippen LogP contribution in [0, 0.1) is 5.92 Å². The molecule has 0 amide bonds. The Morgan fingerprint density at radius 1 is 1.33 bits per heavy atom. The van der Waals surface area contributed by atoms with E-state index in [1.165, 1.54) is 25.8 Å². The molecule has 0 radical (unpaired) electrons. The summed E-state index contributed by atoms with van der Waals surface area (Å²) in [6.45, 7) is 10.6. The predicted molar refractivity (Wildman–Crippen MR) is 54.3 cm³/mol. The van der Waals surface area contributed by atoms with Crippen LogP contribution < -0.4 is 0 Å². The van der Waals surface area contributed by atoms with Crippen LogP contribution in [0.5, 0.6) is 0 Å². The largest absolute Gasteiger partial charge is 0.298 e. The molecule has 1 fully saturated rings. The number of hydrogen-bond acceptors (Lipinski definition) is 1. The summed E-state index contributed by atoms with van der Waals surface area (Å²) in [4.78, 5) is 2.64. The Bertz CT molecular complexity index is 131. The van der Waals surface area contributed by atoms with E-state index in [0.717, 1.165) is 18.0 Å². The van der Waals surface area contributed by atoms with Crippen LogP contribution in [0.15, 0.2) is 0 Å². The Labute approximate surface area is 77.1 Å². The van der Waals surface area contributed by atoms with Crippen molar-refractivity contribution in [2.75, 3.05) is 6.54 Å². The third-order valence-electron chi connectivity index (χ3n) is 3.17. The van der Waals surface area contributed by atoms with Gasteiger partial charge in [0.25, 0.3) is 0 Å². The first kappa shape index (κ1) is 10.0. The second-order valence-corrected chi connectivity index (χ2v) is 4.45. The van der Waals surface area contributed by atoms with Gasteiger partial charge in [-0.1, -0.05) is 20.3 Å². The Balaban J connectivity index is 2.32. The molecule has 72 valence electrons. The smallest absolute Gasteiger partial charge is 0.0136 e. The fraction of sp³-hybridized carbons (Fsp3) is 1.00. The highest BCUT2D eigenvalue weighted by Gasteiger charge is 2.33. The van der Waals surface area contributed by atoms with E-state index in [4.69, 9.17) is 0 Å². The zero-order valence-corrected chi connectivity index (χ0v) is 9.01. The van der Waals surface area contributed by atoms with Gasteiger partial charge in [0, 0.05) is 18.6 Å². The van der Waals surface area contributed by atoms with Gasteiger partial charge in [0.05, 0.1) is 0 Å². The molecule has 0 bridgehead atoms. The summed E-state index contributed by atoms with van der Waals surface area (Å²) in [6.07, 6.45) is 4.16. The maximum atomic E-state index is 2.64. The van der Waals surface area contributed by atoms with E-state index in [1.807, 2.05) is 0 Å². The molecule has 12 heavy (non-hydrogen) atoms. The molecule has 0 aromatic rings. The highest BCUT2D eigenvalue weighted by atomic mass is 15.2. The molecule has 0 saturated carbocycles. The van der Waals surface area contributed by atoms with Crippen molar-refractivity contribution in [3.63, 3.8) is 0 Å². The molecule has 1 aliphatic rings. The molecule has 1 aliphatic heterocycles. The Hall–Kier alpha value is -0.0400. The number of rotatable bonds is 4. The maximum Gasteiger partial charge on any atom is 0.0136 e. The topological polar surface area (TPSA) is 3.24 Å². The first-order valence-corrected chi connectivity index (χ1v) is 5.42. The van der Waals surface area contributed by atoms with Crippen molar-refractivity contribution < 1.29 is 0 Å². The van der Waals surface area contributed by atoms with Crippen LogP contribution in [-0.2, 0) is 0 Å². The van der Waals surface area contributed by atoms with Gasteiger partial charge in [-0.3, -0.25) is 4.90 Å². The van der Waals surface area contributed by atoms with Crippen molar-refractivity contribution in [1.29, 1.82) is 0 Å². The van der Waals surface area contributed by atoms with Crippen LogP contribution in [0.3, 0.4) is 0 Å². The van der Waals surface area contributed by atoms with Gasteiger partial charge < -0.3 is 0 Å². The van der Waals surface area contributed by atoms with Crippen molar-refractivity contribution >= 4 is 0 Å². The Kier molecular flexibility index (Phi) is 3.57. The molecule has 1 heterocycles. The average molecular weight is 169 g/mol. The highest BCUT2D eigenvalue weighted by molar-refractivity contribution is 4.88. The number of hydrogen-bond donors (Lipinski definition) is 0. The molecule has 1 nitrogen and oxygen atoms in total. The minimum atomic E-state index is 0.753. The van der Waals surface area contributed by atoms with Gasteiger partial charge >= 0.3 is 0 Å². The van der Waals surface area contributed by atoms with Crippen molar-refractivity contribution in [3.8, 4) is 0 Å². The molecule has 2 atom stereocenters. The maximum absolute atomic E-state index is 2.64. The van der Waals surface area contributed by atoms with E-state index in [1.54, 1.807) is 0 Å². The van der Waals surface area contributed by atoms with Gasteiger partial charge in [-0.15, -0.1) is 0 Å². The van der Waals surface area contributed by atoms with E-state index in [9.17, 15) is 0 Å². The average Bonchev–Trinajstić information content (AvgIpc) is 1.82. The lowest BCUT2D eigenvalue weighted by atomic mass is 9.86. The van der Waals surface area contributed by atoms with E-state index in [-0.39, 0.29) is 0 Å². The molecule has 1 heteroatoms. The molecule has 0 aromatic heterocycles. The van der Waals surface area contributed by atoms with E-state index in [2.05, 4.69) is 32.6 Å². The fourth-order valence-corrected chi connectivity index (χ4v) is 2.33. The van der Waals surface area contributed by atoms with Gasteiger partial charge in [0.2, 0.25) is 0 Å². The highest BCUT2D eigenvalue weighted by Crippen LogP contribution is 2.29. The SMILES string of the molecule is CCCC(C)C1CCN1C(C)C. The molecule has 0 N–H and O–H groups in total. The van der Waals surface area contributed by atoms with Crippen molar-refractivity contribution in [2.45, 2.75) is 59.0 Å². The van der Waals surface area contributed by atoms with Crippen LogP contribution in [0.2, 0.25) is 0 Å². The van der Waals surface area contributed by atoms with Crippen LogP contribution in [0.4, 0.5) is 0 Å². The molecule has 0 aliphatic carbocycles. The summed E-state index contributed by atoms with van der Waals surface area (Å²) in [6, 6.07) is 1.65. The Morgan fingerprint density at radius 3 is 2.33 bits per heavy atom. The molecule has 1 saturated heterocycles. The molecule has 1 rings (SSSR count). The molecule has 0 spiro atoms. The minimum Gasteiger partial charge on any atom is -0.298 e. The second-order valence-electron chi connectivity index (χ2n) is 4.45. The summed E-state index contributed by atoms with van der Waals surface area (Å²) in [5, 5.41) is 0. The van der Waals surface area contributed by atoms with E-state index in [0.29, 0.717) is 0 Å². The van der Waals surface area contributed by atoms with E-state index >= 15 is 0 Å². The fourth-order valence-electron chi connectivity index (χ4n) is 2.33. The summed E-state index contributed by atoms with van der Waals surface area (Å²) in [5.74, 6) is 0.908. The third-order valence-corrected chi connectivity index (χ3v) is 3.17. The normalized spacial score (nSPS) is 27.2. The van der Waals surface area contributed by atoms with Crippen LogP contribution in [0.1, 0.15) is 47.0 Å². The first-order valence-electron chi connectivity index (χ1n) is 5.42. The summed E-state index contributed by atoms with van der Waals surface area (Å²) in [7, 11) is 0. The quantitative estimate of drug-likeness (QED) is 0.625. The van der Waals surface area contributed by atoms with Crippen LogP contribution in [0.25, 0.3) is 0 Å². The summed E-state index contributed by atoms with van der Waals surface area (Å²) >= 11 is 0. The molecular weight excluding hydrogens is 146 g/mol. The Morgan fingerprint density at radius 2 is 2.00 bits per heavy atom. The number of nitrogens with zero attached hydrogens (tertiary/aromatic N) is 1. The lowest BCUT2D eigenvalue weighted by Gasteiger charge is -2.47. The van der Waals surface area contributed by atoms with Gasteiger partial charge in [-0.2, -0.15) is 0 Å². The first-order chi connectivity index (χ1) is 5.66. The van der Waals surface area contributed by atoms with Gasteiger partial charge in [-0.05, 0) is 32.6 Å². The van der Waals surface area contributed by atoms with Crippen molar-refractivity contribution in [1.82, 2.24) is 4.90 Å². The van der Waals surface area contributed by atoms with Crippen molar-refractivity contribution in [3.05, 3.63) is 0 Å². The molecule has 0 aromatic carbocycles. The van der Waals surface area contributed by atoms with Crippen molar-refractivity contribution in [2.24, 2.45) is 5.92 Å². The van der Waals surface area contributed by atoms with Gasteiger partial charge in [0.1, 0.15) is 0 Å². The lowest BCUT2D eigenvalue weighted by Crippen LogP contribution is -2.54. The van der Waals surface area contributed by atoms with Crippen LogP contribution >= 0.6 is 0 Å². The zero-order chi connectivity index (χ0) is 9.14. The minimum absolute atomic E-state index is 0.753. The standard InChI is InChI=1S/C11H23N/c1-5-6-10(4)11-7-8-12(11)9(2)3/h9-11H,5-8H2,1-4H3. The van der Waals surface area contributed by atoms with Crippen LogP contribution in [-0.4, -0.2) is 23.5 Å². The third kappa shape index (κ3) is 2.01. The van der Waals surface area contributed by atoms with Gasteiger partial charge in [-0.25, -0.2) is 0 Å². The summed E-state index contributed by atoms with van der Waals surface area (Å²) < 4.78 is 0. The van der Waals surface area contributed by atoms with Gasteiger partial charge in [0.15, 0.2) is 0 Å². The summed E-state index contributed by atoms with van der Waals surface area (Å²) in [5.41, 5.74) is 0. The molecule has 2 unspecified atom stereocenters. The zero-order valence-electron chi connectivity index (χ0n) is 9.01. The number of likely N-dealkylation sites (tertiary alicyclic amines) is 1. The monoisotopic (exact) mass is 169 g/mol. The molecular formula is C11H23N.